The first kappa shape index (κ1) is 77.4. The summed E-state index contributed by atoms with van der Waals surface area (Å²) in [4.78, 5) is 40.1. The summed E-state index contributed by atoms with van der Waals surface area (Å²) in [5.74, 6) is -0.579. The van der Waals surface area contributed by atoms with E-state index in [0.29, 0.717) is 23.9 Å². The Kier molecular flexibility index (Phi) is 56.9. The fourth-order valence-corrected chi connectivity index (χ4v) is 9.55. The Bertz CT molecular complexity index is 1800. The van der Waals surface area contributed by atoms with Crippen LogP contribution in [0.3, 0.4) is 0 Å². The number of nitrogens with zero attached hydrogens (tertiary/aromatic N) is 1. The molecule has 0 rings (SSSR count). The molecule has 0 spiro atoms. The lowest BCUT2D eigenvalue weighted by atomic mass is 10.1. The zero-order valence-corrected chi connectivity index (χ0v) is 53.8. The third-order valence-corrected chi connectivity index (χ3v) is 14.8. The van der Waals surface area contributed by atoms with Crippen LogP contribution in [0.4, 0.5) is 0 Å². The third kappa shape index (κ3) is 60.8. The summed E-state index contributed by atoms with van der Waals surface area (Å²) in [6, 6.07) is -0.910. The normalized spacial score (nSPS) is 14.4. The standard InChI is InChI=1S/C71H123N2O7P/c1-7-10-13-16-19-22-25-27-29-31-33-34-35-36-37-38-40-42-44-46-49-52-55-58-61-64-71(75)80-69(62-59-56-53-50-47-24-21-18-15-12-9-3)68(67-79-81(76,77)78-66-65-73(4,5)6)72-70(74)63-60-57-54-51-48-45-43-41-39-32-30-28-26-23-20-17-14-11-8-2/h10,13,19-20,22-23,27-30,33-34,36-37,39-42,59,62,68-69H,7-9,11-12,14-18,21,24-26,31-32,35,38,43-58,60-61,63-67H2,1-6H3,(H-,72,74,76,77)/b13-10-,22-19-,23-20-,29-27-,30-28-,34-33-,37-36-,41-39-,42-40-,62-59-. The van der Waals surface area contributed by atoms with Crippen LogP contribution < -0.4 is 10.2 Å². The Balaban J connectivity index is 5.20. The first-order chi connectivity index (χ1) is 39.4. The highest BCUT2D eigenvalue weighted by Crippen LogP contribution is 2.38. The molecule has 0 aromatic rings. The van der Waals surface area contributed by atoms with Gasteiger partial charge in [0.25, 0.3) is 7.82 Å². The van der Waals surface area contributed by atoms with E-state index in [0.717, 1.165) is 154 Å². The van der Waals surface area contributed by atoms with Crippen molar-refractivity contribution in [2.24, 2.45) is 0 Å². The number of hydrogen-bond donors (Lipinski definition) is 1. The summed E-state index contributed by atoms with van der Waals surface area (Å²) in [6.45, 7) is 6.67. The predicted octanol–water partition coefficient (Wildman–Crippen LogP) is 20.0. The van der Waals surface area contributed by atoms with Gasteiger partial charge in [0.2, 0.25) is 5.91 Å². The molecule has 1 N–H and O–H groups in total. The second-order valence-corrected chi connectivity index (χ2v) is 24.3. The molecule has 81 heavy (non-hydrogen) atoms. The van der Waals surface area contributed by atoms with Crippen LogP contribution in [0.15, 0.2) is 122 Å². The molecule has 9 nitrogen and oxygen atoms in total. The number of ether oxygens (including phenoxy) is 1. The van der Waals surface area contributed by atoms with Crippen molar-refractivity contribution in [2.45, 2.75) is 277 Å². The van der Waals surface area contributed by atoms with Gasteiger partial charge in [-0.2, -0.15) is 0 Å². The number of hydrogen-bond acceptors (Lipinski definition) is 7. The molecule has 0 saturated heterocycles. The molecule has 0 aromatic heterocycles. The second kappa shape index (κ2) is 59.6. The number of quaternary nitrogens is 1. The Morgan fingerprint density at radius 2 is 0.790 bits per heavy atom. The molecule has 0 aliphatic rings. The van der Waals surface area contributed by atoms with Crippen molar-refractivity contribution in [1.82, 2.24) is 5.32 Å². The van der Waals surface area contributed by atoms with Crippen LogP contribution >= 0.6 is 7.82 Å². The average Bonchev–Trinajstić information content (AvgIpc) is 3.43. The molecule has 0 bridgehead atoms. The number of phosphoric ester groups is 1. The summed E-state index contributed by atoms with van der Waals surface area (Å²) < 4.78 is 30.3. The van der Waals surface area contributed by atoms with Gasteiger partial charge in [-0.25, -0.2) is 0 Å². The highest BCUT2D eigenvalue weighted by atomic mass is 31.2. The van der Waals surface area contributed by atoms with Gasteiger partial charge in [-0.05, 0) is 122 Å². The average molecular weight is 1150 g/mol. The van der Waals surface area contributed by atoms with E-state index in [-0.39, 0.29) is 24.9 Å². The summed E-state index contributed by atoms with van der Waals surface area (Å²) >= 11 is 0. The summed E-state index contributed by atoms with van der Waals surface area (Å²) in [5.41, 5.74) is 0. The number of rotatable bonds is 58. The van der Waals surface area contributed by atoms with Gasteiger partial charge in [-0.3, -0.25) is 14.2 Å². The highest BCUT2D eigenvalue weighted by molar-refractivity contribution is 7.45. The van der Waals surface area contributed by atoms with E-state index in [2.05, 4.69) is 135 Å². The van der Waals surface area contributed by atoms with Crippen molar-refractivity contribution in [1.29, 1.82) is 0 Å². The van der Waals surface area contributed by atoms with Crippen LogP contribution in [-0.2, 0) is 27.9 Å². The molecule has 0 saturated carbocycles. The van der Waals surface area contributed by atoms with Gasteiger partial charge in [0.15, 0.2) is 0 Å². The molecule has 0 aliphatic heterocycles. The van der Waals surface area contributed by atoms with Gasteiger partial charge in [0.1, 0.15) is 19.3 Å². The molecule has 3 atom stereocenters. The molecule has 0 fully saturated rings. The zero-order chi connectivity index (χ0) is 59.3. The zero-order valence-electron chi connectivity index (χ0n) is 52.9. The fraction of sp³-hybridized carbons (Fsp3) is 0.690. The first-order valence-corrected chi connectivity index (χ1v) is 34.3. The van der Waals surface area contributed by atoms with Crippen LogP contribution in [0.2, 0.25) is 0 Å². The van der Waals surface area contributed by atoms with E-state index in [1.54, 1.807) is 0 Å². The van der Waals surface area contributed by atoms with E-state index in [4.69, 9.17) is 13.8 Å². The molecule has 0 aromatic carbocycles. The molecular weight excluding hydrogens is 1020 g/mol. The lowest BCUT2D eigenvalue weighted by molar-refractivity contribution is -0.870. The quantitative estimate of drug-likeness (QED) is 0.0212. The van der Waals surface area contributed by atoms with Gasteiger partial charge in [-0.15, -0.1) is 0 Å². The van der Waals surface area contributed by atoms with Crippen molar-refractivity contribution in [2.75, 3.05) is 40.9 Å². The Hall–Kier alpha value is -3.59. The van der Waals surface area contributed by atoms with Crippen molar-refractivity contribution in [3.05, 3.63) is 122 Å². The SMILES string of the molecule is CC/C=C\C/C=C\C/C=C\C/C=C\C/C=C\C/C=C\CCCCCCCCC(=O)OC(/C=C\CCCCCCCCCCC)C(COP(=O)([O-])OCC[N+](C)(C)C)NC(=O)CCCCCCCC/C=C\C/C=C\C/C=C\CCCCC. The molecule has 0 aliphatic carbocycles. The highest BCUT2D eigenvalue weighted by Gasteiger charge is 2.27. The molecule has 10 heteroatoms. The lowest BCUT2D eigenvalue weighted by Crippen LogP contribution is -2.47. The second-order valence-electron chi connectivity index (χ2n) is 22.9. The minimum Gasteiger partial charge on any atom is -0.756 e. The van der Waals surface area contributed by atoms with E-state index in [1.807, 2.05) is 33.3 Å². The first-order valence-electron chi connectivity index (χ1n) is 32.8. The molecule has 0 radical (unpaired) electrons. The van der Waals surface area contributed by atoms with Crippen molar-refractivity contribution >= 4 is 19.7 Å². The molecule has 464 valence electrons. The predicted molar refractivity (Wildman–Crippen MR) is 348 cm³/mol. The van der Waals surface area contributed by atoms with E-state index in [1.165, 1.54) is 70.6 Å². The largest absolute Gasteiger partial charge is 0.756 e. The number of nitrogens with one attached hydrogen (secondary N) is 1. The van der Waals surface area contributed by atoms with Gasteiger partial charge >= 0.3 is 5.97 Å². The summed E-state index contributed by atoms with van der Waals surface area (Å²) in [5, 5.41) is 3.02. The molecule has 0 heterocycles. The van der Waals surface area contributed by atoms with Crippen LogP contribution in [-0.4, -0.2) is 69.4 Å². The Morgan fingerprint density at radius 3 is 1.21 bits per heavy atom. The van der Waals surface area contributed by atoms with Gasteiger partial charge in [0.05, 0.1) is 33.8 Å². The minimum absolute atomic E-state index is 0.0340. The van der Waals surface area contributed by atoms with Crippen molar-refractivity contribution in [3.8, 4) is 0 Å². The van der Waals surface area contributed by atoms with Gasteiger partial charge in [0, 0.05) is 12.8 Å². The summed E-state index contributed by atoms with van der Waals surface area (Å²) in [6.07, 6.45) is 83.1. The third-order valence-electron chi connectivity index (χ3n) is 13.9. The van der Waals surface area contributed by atoms with Gasteiger partial charge in [-0.1, -0.05) is 252 Å². The number of carbonyl (C=O) groups is 2. The number of carbonyl (C=O) groups excluding carboxylic acids is 2. The van der Waals surface area contributed by atoms with Gasteiger partial charge < -0.3 is 28.5 Å². The van der Waals surface area contributed by atoms with Crippen LogP contribution in [0.25, 0.3) is 0 Å². The minimum atomic E-state index is -4.72. The maximum absolute atomic E-state index is 13.5. The van der Waals surface area contributed by atoms with Crippen molar-refractivity contribution < 1.29 is 37.3 Å². The van der Waals surface area contributed by atoms with Crippen LogP contribution in [0.1, 0.15) is 265 Å². The van der Waals surface area contributed by atoms with Crippen molar-refractivity contribution in [3.63, 3.8) is 0 Å². The number of phosphoric acid groups is 1. The molecule has 3 unspecified atom stereocenters. The number of amides is 1. The molecular formula is C71H123N2O7P. The maximum atomic E-state index is 13.5. The number of likely N-dealkylation sites (N-methyl/N-ethyl adjacent to an activating group) is 1. The Labute approximate surface area is 499 Å². The monoisotopic (exact) mass is 1150 g/mol. The fourth-order valence-electron chi connectivity index (χ4n) is 8.83. The van der Waals surface area contributed by atoms with Crippen LogP contribution in [0, 0.1) is 0 Å². The smallest absolute Gasteiger partial charge is 0.306 e. The number of unbranched alkanes of at least 4 members (excludes halogenated alkanes) is 24. The van der Waals surface area contributed by atoms with Crippen LogP contribution in [0.5, 0.6) is 0 Å². The number of esters is 1. The lowest BCUT2D eigenvalue weighted by Gasteiger charge is -2.30. The summed E-state index contributed by atoms with van der Waals surface area (Å²) in [7, 11) is 1.15. The Morgan fingerprint density at radius 1 is 0.444 bits per heavy atom. The van der Waals surface area contributed by atoms with E-state index >= 15 is 0 Å². The maximum Gasteiger partial charge on any atom is 0.306 e. The number of allylic oxidation sites excluding steroid dienone is 19. The topological polar surface area (TPSA) is 114 Å². The van der Waals surface area contributed by atoms with E-state index in [9.17, 15) is 19.0 Å². The molecule has 1 amide bonds. The van der Waals surface area contributed by atoms with E-state index < -0.39 is 26.6 Å².